The maximum atomic E-state index is 12.0. The third kappa shape index (κ3) is 4.67. The van der Waals surface area contributed by atoms with Gasteiger partial charge in [-0.25, -0.2) is 4.79 Å². The van der Waals surface area contributed by atoms with E-state index in [2.05, 4.69) is 5.32 Å². The molecule has 23 heavy (non-hydrogen) atoms. The molecule has 0 unspecified atom stereocenters. The fraction of sp³-hybridized carbons (Fsp3) is 0.467. The van der Waals surface area contributed by atoms with E-state index in [0.717, 1.165) is 12.5 Å². The lowest BCUT2D eigenvalue weighted by Gasteiger charge is -2.24. The molecule has 0 radical (unpaired) electrons. The number of hydrogen-bond donors (Lipinski definition) is 2. The van der Waals surface area contributed by atoms with Gasteiger partial charge >= 0.3 is 5.97 Å². The number of ether oxygens (including phenoxy) is 1. The van der Waals surface area contributed by atoms with Crippen molar-refractivity contribution in [3.8, 4) is 5.75 Å². The van der Waals surface area contributed by atoms with Crippen LogP contribution in [0, 0.1) is 15.5 Å². The molecule has 126 valence electrons. The van der Waals surface area contributed by atoms with Crippen LogP contribution in [0.2, 0.25) is 0 Å². The molecule has 0 fully saturated rings. The highest BCUT2D eigenvalue weighted by molar-refractivity contribution is 5.95. The van der Waals surface area contributed by atoms with Gasteiger partial charge in [-0.15, -0.1) is 0 Å². The first-order valence-corrected chi connectivity index (χ1v) is 7.12. The molecule has 0 aliphatic heterocycles. The minimum Gasteiger partial charge on any atom is -0.491 e. The Hall–Kier alpha value is -2.64. The molecule has 0 bridgehead atoms. The Bertz CT molecular complexity index is 612. The summed E-state index contributed by atoms with van der Waals surface area (Å²) in [6, 6.07) is 3.76. The number of amides is 1. The van der Waals surface area contributed by atoms with E-state index >= 15 is 0 Å². The largest absolute Gasteiger partial charge is 0.491 e. The first-order valence-electron chi connectivity index (χ1n) is 7.12. The molecule has 0 heterocycles. The highest BCUT2D eigenvalue weighted by Crippen LogP contribution is 2.29. The predicted molar refractivity (Wildman–Crippen MR) is 82.6 cm³/mol. The smallest absolute Gasteiger partial charge is 0.346 e. The number of carbonyl (C=O) groups is 2. The zero-order valence-corrected chi connectivity index (χ0v) is 13.3. The Kier molecular flexibility index (Phi) is 6.06. The van der Waals surface area contributed by atoms with Gasteiger partial charge in [0.05, 0.1) is 10.3 Å². The van der Waals surface area contributed by atoms with Crippen molar-refractivity contribution in [2.24, 2.45) is 5.41 Å². The summed E-state index contributed by atoms with van der Waals surface area (Å²) < 4.78 is 5.41. The molecule has 1 rings (SSSR count). The summed E-state index contributed by atoms with van der Waals surface area (Å²) in [6.45, 7) is 5.64. The molecular weight excluding hydrogens is 304 g/mol. The minimum absolute atomic E-state index is 0.107. The molecule has 1 aromatic rings. The van der Waals surface area contributed by atoms with E-state index in [0.29, 0.717) is 6.54 Å². The zero-order valence-electron chi connectivity index (χ0n) is 13.3. The Morgan fingerprint density at radius 1 is 1.39 bits per heavy atom. The number of nitro benzene ring substituents is 1. The normalized spacial score (nSPS) is 10.9. The SMILES string of the molecule is CCCNC(=O)C(C)(C)COc1cccc([N+](=O)[O-])c1C(=O)O. The second-order valence-electron chi connectivity index (χ2n) is 5.64. The maximum Gasteiger partial charge on any atom is 0.346 e. The average Bonchev–Trinajstić information content (AvgIpc) is 2.49. The summed E-state index contributed by atoms with van der Waals surface area (Å²) in [5, 5.41) is 22.8. The molecule has 0 saturated heterocycles. The molecule has 0 aliphatic carbocycles. The van der Waals surface area contributed by atoms with E-state index in [4.69, 9.17) is 4.74 Å². The Morgan fingerprint density at radius 3 is 2.57 bits per heavy atom. The highest BCUT2D eigenvalue weighted by Gasteiger charge is 2.30. The van der Waals surface area contributed by atoms with Crippen molar-refractivity contribution in [2.45, 2.75) is 27.2 Å². The Balaban J connectivity index is 2.97. The van der Waals surface area contributed by atoms with Crippen LogP contribution >= 0.6 is 0 Å². The molecule has 0 aromatic heterocycles. The van der Waals surface area contributed by atoms with Crippen LogP contribution in [0.4, 0.5) is 5.69 Å². The van der Waals surface area contributed by atoms with E-state index in [1.54, 1.807) is 13.8 Å². The van der Waals surface area contributed by atoms with Gasteiger partial charge < -0.3 is 15.2 Å². The highest BCUT2D eigenvalue weighted by atomic mass is 16.6. The number of carboxylic acid groups (broad SMARTS) is 1. The van der Waals surface area contributed by atoms with Crippen LogP contribution in [-0.4, -0.2) is 35.1 Å². The van der Waals surface area contributed by atoms with Gasteiger partial charge in [0.15, 0.2) is 5.56 Å². The molecule has 0 aliphatic rings. The molecule has 8 nitrogen and oxygen atoms in total. The van der Waals surface area contributed by atoms with E-state index in [9.17, 15) is 24.8 Å². The summed E-state index contributed by atoms with van der Waals surface area (Å²) in [5.41, 5.74) is -1.99. The van der Waals surface area contributed by atoms with Crippen molar-refractivity contribution in [1.82, 2.24) is 5.32 Å². The lowest BCUT2D eigenvalue weighted by Crippen LogP contribution is -2.41. The molecule has 0 atom stereocenters. The number of hydrogen-bond acceptors (Lipinski definition) is 5. The van der Waals surface area contributed by atoms with E-state index < -0.39 is 27.6 Å². The van der Waals surface area contributed by atoms with Crippen LogP contribution in [0.1, 0.15) is 37.6 Å². The van der Waals surface area contributed by atoms with Crippen LogP contribution < -0.4 is 10.1 Å². The summed E-state index contributed by atoms with van der Waals surface area (Å²) in [5.74, 6) is -1.83. The van der Waals surface area contributed by atoms with Crippen LogP contribution in [0.3, 0.4) is 0 Å². The minimum atomic E-state index is -1.46. The maximum absolute atomic E-state index is 12.0. The second kappa shape index (κ2) is 7.57. The Labute approximate surface area is 133 Å². The Morgan fingerprint density at radius 2 is 2.04 bits per heavy atom. The number of carbonyl (C=O) groups excluding carboxylic acids is 1. The summed E-state index contributed by atoms with van der Waals surface area (Å²) >= 11 is 0. The summed E-state index contributed by atoms with van der Waals surface area (Å²) in [7, 11) is 0. The summed E-state index contributed by atoms with van der Waals surface area (Å²) in [4.78, 5) is 33.5. The fourth-order valence-electron chi connectivity index (χ4n) is 1.81. The molecule has 0 saturated carbocycles. The van der Waals surface area contributed by atoms with Gasteiger partial charge in [0.1, 0.15) is 12.4 Å². The molecule has 2 N–H and O–H groups in total. The van der Waals surface area contributed by atoms with Crippen molar-refractivity contribution in [2.75, 3.05) is 13.2 Å². The number of nitrogens with one attached hydrogen (secondary N) is 1. The van der Waals surface area contributed by atoms with Crippen LogP contribution in [0.15, 0.2) is 18.2 Å². The molecule has 8 heteroatoms. The number of nitro groups is 1. The third-order valence-corrected chi connectivity index (χ3v) is 3.15. The van der Waals surface area contributed by atoms with Crippen LogP contribution in [-0.2, 0) is 4.79 Å². The predicted octanol–water partition coefficient (Wildman–Crippen LogP) is 2.22. The van der Waals surface area contributed by atoms with Crippen molar-refractivity contribution in [1.29, 1.82) is 0 Å². The molecule has 1 amide bonds. The van der Waals surface area contributed by atoms with Gasteiger partial charge in [0.2, 0.25) is 5.91 Å². The summed E-state index contributed by atoms with van der Waals surface area (Å²) in [6.07, 6.45) is 0.788. The van der Waals surface area contributed by atoms with E-state index in [1.165, 1.54) is 12.1 Å². The zero-order chi connectivity index (χ0) is 17.6. The monoisotopic (exact) mass is 324 g/mol. The number of rotatable bonds is 8. The fourth-order valence-corrected chi connectivity index (χ4v) is 1.81. The van der Waals surface area contributed by atoms with Gasteiger partial charge in [-0.1, -0.05) is 13.0 Å². The number of aromatic carboxylic acids is 1. The van der Waals surface area contributed by atoms with Crippen molar-refractivity contribution < 1.29 is 24.4 Å². The number of benzene rings is 1. The van der Waals surface area contributed by atoms with E-state index in [-0.39, 0.29) is 18.3 Å². The van der Waals surface area contributed by atoms with Crippen LogP contribution in [0.25, 0.3) is 0 Å². The molecule has 0 spiro atoms. The first kappa shape index (κ1) is 18.4. The van der Waals surface area contributed by atoms with Crippen molar-refractivity contribution in [3.63, 3.8) is 0 Å². The third-order valence-electron chi connectivity index (χ3n) is 3.15. The second-order valence-corrected chi connectivity index (χ2v) is 5.64. The van der Waals surface area contributed by atoms with Gasteiger partial charge in [-0.05, 0) is 26.3 Å². The lowest BCUT2D eigenvalue weighted by molar-refractivity contribution is -0.385. The van der Waals surface area contributed by atoms with Gasteiger partial charge in [-0.2, -0.15) is 0 Å². The average molecular weight is 324 g/mol. The van der Waals surface area contributed by atoms with Gasteiger partial charge in [0, 0.05) is 12.6 Å². The van der Waals surface area contributed by atoms with Crippen molar-refractivity contribution in [3.05, 3.63) is 33.9 Å². The molecular formula is C15H20N2O6. The van der Waals surface area contributed by atoms with Gasteiger partial charge in [-0.3, -0.25) is 14.9 Å². The quantitative estimate of drug-likeness (QED) is 0.559. The van der Waals surface area contributed by atoms with Gasteiger partial charge in [0.25, 0.3) is 5.69 Å². The molecule has 1 aromatic carbocycles. The lowest BCUT2D eigenvalue weighted by atomic mass is 9.93. The number of carboxylic acids is 1. The number of nitrogens with zero attached hydrogens (tertiary/aromatic N) is 1. The topological polar surface area (TPSA) is 119 Å². The standard InChI is InChI=1S/C15H20N2O6/c1-4-8-16-14(20)15(2,3)9-23-11-7-5-6-10(17(21)22)12(11)13(18)19/h5-7H,4,8-9H2,1-3H3,(H,16,20)(H,18,19). The van der Waals surface area contributed by atoms with Crippen molar-refractivity contribution >= 4 is 17.6 Å². The van der Waals surface area contributed by atoms with Crippen LogP contribution in [0.5, 0.6) is 5.75 Å². The van der Waals surface area contributed by atoms with E-state index in [1.807, 2.05) is 6.92 Å². The first-order chi connectivity index (χ1) is 10.7.